The van der Waals surface area contributed by atoms with Crippen molar-refractivity contribution in [3.05, 3.63) is 57.6 Å². The van der Waals surface area contributed by atoms with Crippen molar-refractivity contribution in [1.82, 2.24) is 5.43 Å². The number of benzene rings is 2. The van der Waals surface area contributed by atoms with E-state index >= 15 is 0 Å². The molecule has 0 aliphatic carbocycles. The SMILES string of the molecule is CCCN1c2cc(OC)c(/C=N\NC(=O)c3ccc(C)cc3Cl)cc2C(C)CC1(C)C. The first-order chi connectivity index (χ1) is 14.7. The second-order valence-electron chi connectivity index (χ2n) is 8.90. The van der Waals surface area contributed by atoms with Gasteiger partial charge in [0.05, 0.1) is 23.9 Å². The molecule has 0 fully saturated rings. The number of halogens is 1. The van der Waals surface area contributed by atoms with E-state index in [9.17, 15) is 4.79 Å². The Balaban J connectivity index is 1.88. The quantitative estimate of drug-likeness (QED) is 0.447. The predicted octanol–water partition coefficient (Wildman–Crippen LogP) is 5.92. The van der Waals surface area contributed by atoms with Crippen molar-refractivity contribution in [2.24, 2.45) is 5.10 Å². The molecule has 3 rings (SSSR count). The lowest BCUT2D eigenvalue weighted by Crippen LogP contribution is -2.48. The van der Waals surface area contributed by atoms with Crippen LogP contribution in [0.25, 0.3) is 0 Å². The van der Waals surface area contributed by atoms with Crippen LogP contribution in [0, 0.1) is 6.92 Å². The summed E-state index contributed by atoms with van der Waals surface area (Å²) in [5, 5.41) is 4.58. The van der Waals surface area contributed by atoms with E-state index in [-0.39, 0.29) is 11.4 Å². The Morgan fingerprint density at radius 2 is 2.10 bits per heavy atom. The summed E-state index contributed by atoms with van der Waals surface area (Å²) in [7, 11) is 1.66. The Hall–Kier alpha value is -2.53. The van der Waals surface area contributed by atoms with E-state index in [1.165, 1.54) is 11.3 Å². The molecule has 1 aliphatic heterocycles. The fourth-order valence-electron chi connectivity index (χ4n) is 4.48. The van der Waals surface area contributed by atoms with E-state index in [0.717, 1.165) is 36.3 Å². The molecule has 1 unspecified atom stereocenters. The normalized spacial score (nSPS) is 17.5. The van der Waals surface area contributed by atoms with Gasteiger partial charge in [0.25, 0.3) is 5.91 Å². The van der Waals surface area contributed by atoms with E-state index in [2.05, 4.69) is 55.3 Å². The van der Waals surface area contributed by atoms with Gasteiger partial charge in [0, 0.05) is 29.4 Å². The standard InChI is InChI=1S/C25H32ClN3O2/c1-7-10-29-22-13-23(31-6)18(12-20(22)17(3)14-25(29,4)5)15-27-28-24(30)19-9-8-16(2)11-21(19)26/h8-9,11-13,15,17H,7,10,14H2,1-6H3,(H,28,30)/b27-15-. The smallest absolute Gasteiger partial charge is 0.272 e. The maximum atomic E-state index is 12.4. The summed E-state index contributed by atoms with van der Waals surface area (Å²) >= 11 is 6.19. The zero-order valence-electron chi connectivity index (χ0n) is 19.3. The average Bonchev–Trinajstić information content (AvgIpc) is 2.70. The summed E-state index contributed by atoms with van der Waals surface area (Å²) in [6, 6.07) is 9.54. The van der Waals surface area contributed by atoms with Gasteiger partial charge in [-0.1, -0.05) is 31.5 Å². The van der Waals surface area contributed by atoms with Crippen LogP contribution in [-0.4, -0.2) is 31.3 Å². The maximum absolute atomic E-state index is 12.4. The fraction of sp³-hybridized carbons (Fsp3) is 0.440. The minimum atomic E-state index is -0.345. The topological polar surface area (TPSA) is 53.9 Å². The second kappa shape index (κ2) is 9.31. The molecule has 1 aliphatic rings. The Morgan fingerprint density at radius 1 is 1.35 bits per heavy atom. The Kier molecular flexibility index (Phi) is 6.95. The molecular formula is C25H32ClN3O2. The van der Waals surface area contributed by atoms with Gasteiger partial charge < -0.3 is 9.64 Å². The van der Waals surface area contributed by atoms with Crippen molar-refractivity contribution >= 4 is 29.4 Å². The van der Waals surface area contributed by atoms with Crippen molar-refractivity contribution in [1.29, 1.82) is 0 Å². The molecule has 0 bridgehead atoms. The van der Waals surface area contributed by atoms with E-state index in [4.69, 9.17) is 16.3 Å². The molecule has 1 N–H and O–H groups in total. The summed E-state index contributed by atoms with van der Waals surface area (Å²) in [6.45, 7) is 12.0. The lowest BCUT2D eigenvalue weighted by molar-refractivity contribution is 0.0955. The van der Waals surface area contributed by atoms with Gasteiger partial charge in [-0.25, -0.2) is 5.43 Å². The molecule has 31 heavy (non-hydrogen) atoms. The molecule has 1 heterocycles. The Morgan fingerprint density at radius 3 is 2.74 bits per heavy atom. The zero-order valence-corrected chi connectivity index (χ0v) is 20.0. The van der Waals surface area contributed by atoms with Gasteiger partial charge in [-0.2, -0.15) is 5.10 Å². The number of carbonyl (C=O) groups is 1. The fourth-order valence-corrected chi connectivity index (χ4v) is 4.80. The van der Waals surface area contributed by atoms with Gasteiger partial charge >= 0.3 is 0 Å². The first kappa shape index (κ1) is 23.1. The second-order valence-corrected chi connectivity index (χ2v) is 9.31. The molecule has 0 saturated carbocycles. The van der Waals surface area contributed by atoms with Crippen LogP contribution in [0.2, 0.25) is 5.02 Å². The molecule has 2 aromatic carbocycles. The van der Waals surface area contributed by atoms with Crippen LogP contribution in [-0.2, 0) is 0 Å². The molecule has 0 aromatic heterocycles. The number of rotatable bonds is 6. The number of hydrazone groups is 1. The number of hydrogen-bond acceptors (Lipinski definition) is 4. The minimum absolute atomic E-state index is 0.0876. The van der Waals surface area contributed by atoms with Crippen molar-refractivity contribution in [3.63, 3.8) is 0 Å². The summed E-state index contributed by atoms with van der Waals surface area (Å²) in [6.07, 6.45) is 3.79. The van der Waals surface area contributed by atoms with E-state index < -0.39 is 0 Å². The molecule has 2 aromatic rings. The molecule has 1 amide bonds. The Bertz CT molecular complexity index is 1000. The highest BCUT2D eigenvalue weighted by Crippen LogP contribution is 2.45. The number of carbonyl (C=O) groups excluding carboxylic acids is 1. The van der Waals surface area contributed by atoms with Gasteiger partial charge in [-0.3, -0.25) is 4.79 Å². The van der Waals surface area contributed by atoms with Gasteiger partial charge in [0.15, 0.2) is 0 Å². The van der Waals surface area contributed by atoms with Crippen molar-refractivity contribution < 1.29 is 9.53 Å². The van der Waals surface area contributed by atoms with Gasteiger partial charge in [-0.15, -0.1) is 0 Å². The van der Waals surface area contributed by atoms with E-state index in [0.29, 0.717) is 16.5 Å². The largest absolute Gasteiger partial charge is 0.496 e. The Labute approximate surface area is 190 Å². The molecule has 0 spiro atoms. The molecule has 1 atom stereocenters. The van der Waals surface area contributed by atoms with Gasteiger partial charge in [-0.05, 0) is 68.9 Å². The third-order valence-electron chi connectivity index (χ3n) is 5.92. The number of fused-ring (bicyclic) bond motifs is 1. The number of ether oxygens (including phenoxy) is 1. The van der Waals surface area contributed by atoms with Crippen molar-refractivity contribution in [3.8, 4) is 5.75 Å². The summed E-state index contributed by atoms with van der Waals surface area (Å²) in [5.41, 5.74) is 7.39. The van der Waals surface area contributed by atoms with Crippen LogP contribution in [0.3, 0.4) is 0 Å². The van der Waals surface area contributed by atoms with Crippen molar-refractivity contribution in [2.45, 2.75) is 58.9 Å². The molecular weight excluding hydrogens is 410 g/mol. The highest BCUT2D eigenvalue weighted by atomic mass is 35.5. The highest BCUT2D eigenvalue weighted by molar-refractivity contribution is 6.33. The van der Waals surface area contributed by atoms with Crippen LogP contribution in [0.5, 0.6) is 5.75 Å². The van der Waals surface area contributed by atoms with Crippen LogP contribution < -0.4 is 15.1 Å². The minimum Gasteiger partial charge on any atom is -0.496 e. The third-order valence-corrected chi connectivity index (χ3v) is 6.24. The van der Waals surface area contributed by atoms with Crippen LogP contribution >= 0.6 is 11.6 Å². The number of methoxy groups -OCH3 is 1. The molecule has 5 nitrogen and oxygen atoms in total. The van der Waals surface area contributed by atoms with E-state index in [1.807, 2.05) is 13.0 Å². The first-order valence-electron chi connectivity index (χ1n) is 10.8. The summed E-state index contributed by atoms with van der Waals surface area (Å²) in [5.74, 6) is 0.802. The van der Waals surface area contributed by atoms with Crippen LogP contribution in [0.4, 0.5) is 5.69 Å². The van der Waals surface area contributed by atoms with E-state index in [1.54, 1.807) is 25.5 Å². The number of hydrogen-bond donors (Lipinski definition) is 1. The van der Waals surface area contributed by atoms with Crippen molar-refractivity contribution in [2.75, 3.05) is 18.6 Å². The first-order valence-corrected chi connectivity index (χ1v) is 11.1. The maximum Gasteiger partial charge on any atom is 0.272 e. The number of aryl methyl sites for hydroxylation is 1. The zero-order chi connectivity index (χ0) is 22.8. The third kappa shape index (κ3) is 4.87. The molecule has 0 radical (unpaired) electrons. The number of amides is 1. The molecule has 6 heteroatoms. The summed E-state index contributed by atoms with van der Waals surface area (Å²) < 4.78 is 5.66. The highest BCUT2D eigenvalue weighted by Gasteiger charge is 2.36. The van der Waals surface area contributed by atoms with Crippen LogP contribution in [0.1, 0.15) is 73.5 Å². The summed E-state index contributed by atoms with van der Waals surface area (Å²) in [4.78, 5) is 14.9. The number of nitrogens with one attached hydrogen (secondary N) is 1. The van der Waals surface area contributed by atoms with Gasteiger partial charge in [0.2, 0.25) is 0 Å². The monoisotopic (exact) mass is 441 g/mol. The average molecular weight is 442 g/mol. The number of anilines is 1. The molecule has 0 saturated heterocycles. The van der Waals surface area contributed by atoms with Gasteiger partial charge in [0.1, 0.15) is 5.75 Å². The predicted molar refractivity (Wildman–Crippen MR) is 129 cm³/mol. The lowest BCUT2D eigenvalue weighted by atomic mass is 9.79. The van der Waals surface area contributed by atoms with Crippen LogP contribution in [0.15, 0.2) is 35.4 Å². The number of nitrogens with zero attached hydrogens (tertiary/aromatic N) is 2. The lowest BCUT2D eigenvalue weighted by Gasteiger charge is -2.47. The molecule has 166 valence electrons.